The molecule has 1 saturated heterocycles. The predicted octanol–water partition coefficient (Wildman–Crippen LogP) is 5.27. The molecule has 2 heterocycles. The first kappa shape index (κ1) is 19.6. The average Bonchev–Trinajstić information content (AvgIpc) is 3.35. The maximum absolute atomic E-state index is 12.8. The zero-order valence-corrected chi connectivity index (χ0v) is 17.9. The predicted molar refractivity (Wildman–Crippen MR) is 123 cm³/mol. The maximum Gasteiger partial charge on any atom is 0.227 e. The summed E-state index contributed by atoms with van der Waals surface area (Å²) in [6, 6.07) is 23.6. The third kappa shape index (κ3) is 3.77. The molecule has 1 unspecified atom stereocenters. The van der Waals surface area contributed by atoms with Crippen molar-refractivity contribution in [2.45, 2.75) is 18.9 Å². The van der Waals surface area contributed by atoms with Gasteiger partial charge in [-0.05, 0) is 54.1 Å². The number of aromatic nitrogens is 2. The number of amides is 1. The Morgan fingerprint density at radius 2 is 1.77 bits per heavy atom. The molecule has 1 atom stereocenters. The topological polar surface area (TPSA) is 47.4 Å². The molecular formula is C25H22ClN3O2. The van der Waals surface area contributed by atoms with Gasteiger partial charge in [0.2, 0.25) is 5.91 Å². The van der Waals surface area contributed by atoms with Gasteiger partial charge >= 0.3 is 0 Å². The van der Waals surface area contributed by atoms with Gasteiger partial charge in [0.25, 0.3) is 0 Å². The summed E-state index contributed by atoms with van der Waals surface area (Å²) in [6.45, 7) is 1.29. The van der Waals surface area contributed by atoms with E-state index in [1.54, 1.807) is 7.11 Å². The van der Waals surface area contributed by atoms with Crippen molar-refractivity contribution in [1.29, 1.82) is 0 Å². The van der Waals surface area contributed by atoms with E-state index in [-0.39, 0.29) is 11.8 Å². The summed E-state index contributed by atoms with van der Waals surface area (Å²) in [5.41, 5.74) is 4.05. The Morgan fingerprint density at radius 3 is 2.52 bits per heavy atom. The van der Waals surface area contributed by atoms with Crippen molar-refractivity contribution < 1.29 is 9.53 Å². The van der Waals surface area contributed by atoms with Gasteiger partial charge in [0, 0.05) is 36.1 Å². The van der Waals surface area contributed by atoms with Crippen LogP contribution in [0.3, 0.4) is 0 Å². The van der Waals surface area contributed by atoms with E-state index in [1.165, 1.54) is 0 Å². The van der Waals surface area contributed by atoms with Crippen LogP contribution in [-0.4, -0.2) is 29.1 Å². The van der Waals surface area contributed by atoms with Crippen LogP contribution in [0.25, 0.3) is 11.0 Å². The summed E-state index contributed by atoms with van der Waals surface area (Å²) in [6.07, 6.45) is 0.439. The van der Waals surface area contributed by atoms with E-state index in [2.05, 4.69) is 22.8 Å². The lowest BCUT2D eigenvalue weighted by Crippen LogP contribution is -2.24. The quantitative estimate of drug-likeness (QED) is 0.432. The lowest BCUT2D eigenvalue weighted by atomic mass is 10.1. The molecular weight excluding hydrogens is 410 g/mol. The highest BCUT2D eigenvalue weighted by molar-refractivity contribution is 6.30. The van der Waals surface area contributed by atoms with Crippen molar-refractivity contribution in [1.82, 2.24) is 9.55 Å². The molecule has 1 fully saturated rings. The lowest BCUT2D eigenvalue weighted by Gasteiger charge is -2.17. The van der Waals surface area contributed by atoms with Gasteiger partial charge in [-0.2, -0.15) is 0 Å². The molecule has 31 heavy (non-hydrogen) atoms. The van der Waals surface area contributed by atoms with Crippen molar-refractivity contribution >= 4 is 34.2 Å². The maximum atomic E-state index is 12.8. The molecule has 0 spiro atoms. The van der Waals surface area contributed by atoms with Crippen LogP contribution in [0.4, 0.5) is 5.69 Å². The van der Waals surface area contributed by atoms with Gasteiger partial charge in [0.15, 0.2) is 0 Å². The fourth-order valence-corrected chi connectivity index (χ4v) is 4.36. The molecule has 5 nitrogen and oxygen atoms in total. The number of imidazole rings is 1. The zero-order chi connectivity index (χ0) is 21.4. The number of carbonyl (C=O) groups excluding carboxylic acids is 1. The molecule has 1 aliphatic heterocycles. The molecule has 0 bridgehead atoms. The first-order valence-electron chi connectivity index (χ1n) is 10.3. The number of methoxy groups -OCH3 is 1. The standard InChI is InChI=1S/C25H22ClN3O2/c1-31-21-12-6-17(7-13-21)15-29-23-5-3-2-4-22(23)27-25(29)18-14-24(30)28(16-18)20-10-8-19(26)9-11-20/h2-13,18H,14-16H2,1H3. The summed E-state index contributed by atoms with van der Waals surface area (Å²) in [4.78, 5) is 19.6. The van der Waals surface area contributed by atoms with Crippen LogP contribution in [0.5, 0.6) is 5.75 Å². The SMILES string of the molecule is COc1ccc(Cn2c(C3CC(=O)N(c4ccc(Cl)cc4)C3)nc3ccccc32)cc1. The van der Waals surface area contributed by atoms with Gasteiger partial charge in [-0.25, -0.2) is 4.98 Å². The largest absolute Gasteiger partial charge is 0.497 e. The number of nitrogens with zero attached hydrogens (tertiary/aromatic N) is 3. The van der Waals surface area contributed by atoms with E-state index < -0.39 is 0 Å². The highest BCUT2D eigenvalue weighted by atomic mass is 35.5. The Balaban J connectivity index is 1.50. The Morgan fingerprint density at radius 1 is 1.03 bits per heavy atom. The minimum atomic E-state index is 0.0221. The number of ether oxygens (including phenoxy) is 1. The second-order valence-corrected chi connectivity index (χ2v) is 8.21. The third-order valence-electron chi connectivity index (χ3n) is 5.81. The summed E-state index contributed by atoms with van der Waals surface area (Å²) in [5, 5.41) is 0.660. The molecule has 3 aromatic carbocycles. The highest BCUT2D eigenvalue weighted by Crippen LogP contribution is 2.34. The molecule has 0 N–H and O–H groups in total. The van der Waals surface area contributed by atoms with Crippen molar-refractivity contribution in [2.75, 3.05) is 18.6 Å². The molecule has 0 aliphatic carbocycles. The molecule has 4 aromatic rings. The second-order valence-electron chi connectivity index (χ2n) is 7.77. The number of para-hydroxylation sites is 2. The Kier molecular flexibility index (Phi) is 5.12. The number of carbonyl (C=O) groups is 1. The molecule has 6 heteroatoms. The van der Waals surface area contributed by atoms with Crippen LogP contribution < -0.4 is 9.64 Å². The first-order valence-corrected chi connectivity index (χ1v) is 10.6. The van der Waals surface area contributed by atoms with Crippen LogP contribution in [0.1, 0.15) is 23.7 Å². The average molecular weight is 432 g/mol. The fraction of sp³-hybridized carbons (Fsp3) is 0.200. The van der Waals surface area contributed by atoms with Gasteiger partial charge in [-0.1, -0.05) is 35.9 Å². The summed E-state index contributed by atoms with van der Waals surface area (Å²) < 4.78 is 7.52. The van der Waals surface area contributed by atoms with Crippen molar-refractivity contribution in [3.8, 4) is 5.75 Å². The summed E-state index contributed by atoms with van der Waals surface area (Å²) in [7, 11) is 1.67. The van der Waals surface area contributed by atoms with Gasteiger partial charge in [0.05, 0.1) is 18.1 Å². The minimum Gasteiger partial charge on any atom is -0.497 e. The van der Waals surface area contributed by atoms with Gasteiger partial charge in [-0.3, -0.25) is 4.79 Å². The molecule has 0 saturated carbocycles. The Hall–Kier alpha value is -3.31. The van der Waals surface area contributed by atoms with E-state index in [0.717, 1.165) is 33.9 Å². The van der Waals surface area contributed by atoms with Crippen LogP contribution in [0.2, 0.25) is 5.02 Å². The molecule has 0 radical (unpaired) electrons. The molecule has 5 rings (SSSR count). The number of hydrogen-bond donors (Lipinski definition) is 0. The van der Waals surface area contributed by atoms with Gasteiger partial charge < -0.3 is 14.2 Å². The number of fused-ring (bicyclic) bond motifs is 1. The number of rotatable bonds is 5. The van der Waals surface area contributed by atoms with Gasteiger partial charge in [-0.15, -0.1) is 0 Å². The van der Waals surface area contributed by atoms with Crippen LogP contribution in [0, 0.1) is 0 Å². The molecule has 1 aliphatic rings. The monoisotopic (exact) mass is 431 g/mol. The first-order chi connectivity index (χ1) is 15.1. The smallest absolute Gasteiger partial charge is 0.227 e. The number of anilines is 1. The normalized spacial score (nSPS) is 16.3. The minimum absolute atomic E-state index is 0.0221. The number of hydrogen-bond acceptors (Lipinski definition) is 3. The van der Waals surface area contributed by atoms with E-state index in [4.69, 9.17) is 21.3 Å². The number of halogens is 1. The van der Waals surface area contributed by atoms with Crippen molar-refractivity contribution in [2.24, 2.45) is 0 Å². The molecule has 1 amide bonds. The Labute approximate surface area is 185 Å². The van der Waals surface area contributed by atoms with Crippen molar-refractivity contribution in [3.63, 3.8) is 0 Å². The van der Waals surface area contributed by atoms with Crippen LogP contribution >= 0.6 is 11.6 Å². The van der Waals surface area contributed by atoms with Gasteiger partial charge in [0.1, 0.15) is 11.6 Å². The van der Waals surface area contributed by atoms with E-state index >= 15 is 0 Å². The lowest BCUT2D eigenvalue weighted by molar-refractivity contribution is -0.117. The summed E-state index contributed by atoms with van der Waals surface area (Å²) in [5.74, 6) is 1.91. The fourth-order valence-electron chi connectivity index (χ4n) is 4.24. The highest BCUT2D eigenvalue weighted by Gasteiger charge is 2.34. The van der Waals surface area contributed by atoms with E-state index in [9.17, 15) is 4.79 Å². The second kappa shape index (κ2) is 8.08. The van der Waals surface area contributed by atoms with Crippen molar-refractivity contribution in [3.05, 3.63) is 89.2 Å². The summed E-state index contributed by atoms with van der Waals surface area (Å²) >= 11 is 6.02. The van der Waals surface area contributed by atoms with E-state index in [1.807, 2.05) is 59.5 Å². The zero-order valence-electron chi connectivity index (χ0n) is 17.2. The van der Waals surface area contributed by atoms with Crippen LogP contribution in [0.15, 0.2) is 72.8 Å². The molecule has 1 aromatic heterocycles. The third-order valence-corrected chi connectivity index (χ3v) is 6.06. The molecule has 156 valence electrons. The van der Waals surface area contributed by atoms with E-state index in [0.29, 0.717) is 24.5 Å². The number of benzene rings is 3. The van der Waals surface area contributed by atoms with Crippen LogP contribution in [-0.2, 0) is 11.3 Å². The Bertz CT molecular complexity index is 1230.